The fourth-order valence-electron chi connectivity index (χ4n) is 3.37. The molecule has 12 heavy (non-hydrogen) atoms. The molecule has 0 aliphatic heterocycles. The molecule has 2 rings (SSSR count). The second kappa shape index (κ2) is 2.71. The first-order chi connectivity index (χ1) is 5.72. The van der Waals surface area contributed by atoms with E-state index >= 15 is 0 Å². The van der Waals surface area contributed by atoms with Crippen LogP contribution < -0.4 is 11.5 Å². The Balaban J connectivity index is 2.22. The first kappa shape index (κ1) is 8.52. The Morgan fingerprint density at radius 1 is 0.917 bits per heavy atom. The zero-order valence-corrected chi connectivity index (χ0v) is 7.81. The molecule has 0 aromatic carbocycles. The van der Waals surface area contributed by atoms with Crippen molar-refractivity contribution in [1.82, 2.24) is 0 Å². The molecule has 70 valence electrons. The number of rotatable bonds is 1. The van der Waals surface area contributed by atoms with Gasteiger partial charge in [0.05, 0.1) is 0 Å². The summed E-state index contributed by atoms with van der Waals surface area (Å²) in [5, 5.41) is 0. The zero-order chi connectivity index (χ0) is 8.66. The van der Waals surface area contributed by atoms with Crippen LogP contribution in [0.1, 0.15) is 44.9 Å². The van der Waals surface area contributed by atoms with Gasteiger partial charge in [-0.05, 0) is 31.1 Å². The molecular weight excluding hydrogens is 148 g/mol. The van der Waals surface area contributed by atoms with Crippen molar-refractivity contribution in [2.75, 3.05) is 6.54 Å². The van der Waals surface area contributed by atoms with Gasteiger partial charge in [-0.15, -0.1) is 0 Å². The van der Waals surface area contributed by atoms with Crippen molar-refractivity contribution in [3.05, 3.63) is 0 Å². The molecule has 2 aliphatic rings. The Morgan fingerprint density at radius 3 is 2.08 bits per heavy atom. The molecule has 0 amide bonds. The van der Waals surface area contributed by atoms with Gasteiger partial charge in [-0.3, -0.25) is 0 Å². The lowest BCUT2D eigenvalue weighted by molar-refractivity contribution is 0.171. The van der Waals surface area contributed by atoms with E-state index in [4.69, 9.17) is 11.5 Å². The van der Waals surface area contributed by atoms with E-state index in [2.05, 4.69) is 0 Å². The predicted octanol–water partition coefficient (Wildman–Crippen LogP) is 1.39. The lowest BCUT2D eigenvalue weighted by atomic mass is 9.71. The van der Waals surface area contributed by atoms with Crippen molar-refractivity contribution < 1.29 is 0 Å². The van der Waals surface area contributed by atoms with Gasteiger partial charge in [0, 0.05) is 12.1 Å². The van der Waals surface area contributed by atoms with Gasteiger partial charge < -0.3 is 11.5 Å². The summed E-state index contributed by atoms with van der Waals surface area (Å²) < 4.78 is 0. The van der Waals surface area contributed by atoms with E-state index < -0.39 is 0 Å². The van der Waals surface area contributed by atoms with Crippen LogP contribution in [0.2, 0.25) is 0 Å². The van der Waals surface area contributed by atoms with Crippen molar-refractivity contribution >= 4 is 0 Å². The van der Waals surface area contributed by atoms with Gasteiger partial charge in [0.15, 0.2) is 0 Å². The normalized spacial score (nSPS) is 39.5. The van der Waals surface area contributed by atoms with E-state index in [0.29, 0.717) is 12.0 Å². The fraction of sp³-hybridized carbons (Fsp3) is 1.00. The van der Waals surface area contributed by atoms with Crippen molar-refractivity contribution in [1.29, 1.82) is 0 Å². The lowest BCUT2D eigenvalue weighted by Gasteiger charge is -2.40. The maximum absolute atomic E-state index is 6.37. The molecule has 0 radical (unpaired) electrons. The quantitative estimate of drug-likeness (QED) is 0.621. The average molecular weight is 168 g/mol. The minimum atomic E-state index is -0.0104. The molecule has 1 unspecified atom stereocenters. The SMILES string of the molecule is NCC1(N)CCCC12CCCC2. The van der Waals surface area contributed by atoms with Crippen LogP contribution in [0.4, 0.5) is 0 Å². The largest absolute Gasteiger partial charge is 0.329 e. The smallest absolute Gasteiger partial charge is 0.0335 e. The third kappa shape index (κ3) is 0.944. The van der Waals surface area contributed by atoms with Crippen LogP contribution in [0.5, 0.6) is 0 Å². The van der Waals surface area contributed by atoms with Crippen molar-refractivity contribution in [3.8, 4) is 0 Å². The molecule has 0 aromatic heterocycles. The van der Waals surface area contributed by atoms with Gasteiger partial charge in [0.1, 0.15) is 0 Å². The van der Waals surface area contributed by atoms with Gasteiger partial charge in [-0.1, -0.05) is 19.3 Å². The van der Waals surface area contributed by atoms with E-state index in [-0.39, 0.29) is 5.54 Å². The lowest BCUT2D eigenvalue weighted by Crippen LogP contribution is -2.55. The Labute approximate surface area is 74.7 Å². The van der Waals surface area contributed by atoms with E-state index in [1.165, 1.54) is 38.5 Å². The third-order valence-electron chi connectivity index (χ3n) is 4.26. The second-order valence-electron chi connectivity index (χ2n) is 4.70. The van der Waals surface area contributed by atoms with Crippen LogP contribution in [0.3, 0.4) is 0 Å². The monoisotopic (exact) mass is 168 g/mol. The maximum atomic E-state index is 6.37. The molecule has 4 N–H and O–H groups in total. The predicted molar refractivity (Wildman–Crippen MR) is 50.7 cm³/mol. The molecule has 0 saturated heterocycles. The number of hydrogen-bond acceptors (Lipinski definition) is 2. The fourth-order valence-corrected chi connectivity index (χ4v) is 3.37. The molecule has 2 saturated carbocycles. The Bertz CT molecular complexity index is 167. The maximum Gasteiger partial charge on any atom is 0.0335 e. The molecule has 2 nitrogen and oxygen atoms in total. The van der Waals surface area contributed by atoms with Gasteiger partial charge in [0.2, 0.25) is 0 Å². The Morgan fingerprint density at radius 2 is 1.50 bits per heavy atom. The van der Waals surface area contributed by atoms with Crippen molar-refractivity contribution in [2.24, 2.45) is 16.9 Å². The highest BCUT2D eigenvalue weighted by molar-refractivity contribution is 5.09. The summed E-state index contributed by atoms with van der Waals surface area (Å²) in [6, 6.07) is 0. The first-order valence-corrected chi connectivity index (χ1v) is 5.21. The first-order valence-electron chi connectivity index (χ1n) is 5.21. The van der Waals surface area contributed by atoms with Gasteiger partial charge >= 0.3 is 0 Å². The number of hydrogen-bond donors (Lipinski definition) is 2. The molecular formula is C10H20N2. The highest BCUT2D eigenvalue weighted by Gasteiger charge is 2.52. The summed E-state index contributed by atoms with van der Waals surface area (Å²) in [6.45, 7) is 0.688. The zero-order valence-electron chi connectivity index (χ0n) is 7.81. The average Bonchev–Trinajstić information content (AvgIpc) is 2.64. The second-order valence-corrected chi connectivity index (χ2v) is 4.70. The standard InChI is InChI=1S/C10H20N2/c11-8-10(12)7-3-6-9(10)4-1-2-5-9/h1-8,11-12H2. The summed E-state index contributed by atoms with van der Waals surface area (Å²) in [4.78, 5) is 0. The molecule has 1 atom stereocenters. The van der Waals surface area contributed by atoms with Crippen LogP contribution in [-0.2, 0) is 0 Å². The summed E-state index contributed by atoms with van der Waals surface area (Å²) in [5.41, 5.74) is 12.6. The molecule has 2 fully saturated rings. The molecule has 0 aromatic rings. The van der Waals surface area contributed by atoms with Crippen LogP contribution in [0.25, 0.3) is 0 Å². The Kier molecular flexibility index (Phi) is 1.92. The van der Waals surface area contributed by atoms with E-state index in [9.17, 15) is 0 Å². The van der Waals surface area contributed by atoms with Crippen LogP contribution in [-0.4, -0.2) is 12.1 Å². The summed E-state index contributed by atoms with van der Waals surface area (Å²) in [7, 11) is 0. The highest BCUT2D eigenvalue weighted by Crippen LogP contribution is 2.54. The summed E-state index contributed by atoms with van der Waals surface area (Å²) >= 11 is 0. The molecule has 1 spiro atoms. The summed E-state index contributed by atoms with van der Waals surface area (Å²) in [5.74, 6) is 0. The van der Waals surface area contributed by atoms with E-state index in [1.54, 1.807) is 0 Å². The summed E-state index contributed by atoms with van der Waals surface area (Å²) in [6.07, 6.45) is 9.21. The highest BCUT2D eigenvalue weighted by atomic mass is 14.9. The van der Waals surface area contributed by atoms with Crippen LogP contribution in [0, 0.1) is 5.41 Å². The van der Waals surface area contributed by atoms with Gasteiger partial charge in [0.25, 0.3) is 0 Å². The van der Waals surface area contributed by atoms with Crippen LogP contribution in [0.15, 0.2) is 0 Å². The molecule has 0 bridgehead atoms. The topological polar surface area (TPSA) is 52.0 Å². The van der Waals surface area contributed by atoms with Gasteiger partial charge in [-0.2, -0.15) is 0 Å². The Hall–Kier alpha value is -0.0800. The van der Waals surface area contributed by atoms with Gasteiger partial charge in [-0.25, -0.2) is 0 Å². The molecule has 2 aliphatic carbocycles. The molecule has 0 heterocycles. The minimum Gasteiger partial charge on any atom is -0.329 e. The third-order valence-corrected chi connectivity index (χ3v) is 4.26. The molecule has 2 heteroatoms. The van der Waals surface area contributed by atoms with E-state index in [1.807, 2.05) is 0 Å². The van der Waals surface area contributed by atoms with Crippen molar-refractivity contribution in [3.63, 3.8) is 0 Å². The van der Waals surface area contributed by atoms with Crippen LogP contribution >= 0.6 is 0 Å². The van der Waals surface area contributed by atoms with Crippen molar-refractivity contribution in [2.45, 2.75) is 50.5 Å². The number of nitrogens with two attached hydrogens (primary N) is 2. The van der Waals surface area contributed by atoms with E-state index in [0.717, 1.165) is 6.42 Å². The minimum absolute atomic E-state index is 0.0104.